The molecule has 0 aliphatic rings. The minimum Gasteiger partial charge on any atom is -0.378 e. The molecule has 0 spiro atoms. The van der Waals surface area contributed by atoms with Crippen LogP contribution in [0.5, 0.6) is 0 Å². The molecule has 0 fully saturated rings. The van der Waals surface area contributed by atoms with Crippen molar-refractivity contribution in [2.24, 2.45) is 5.10 Å². The number of nitrogens with one attached hydrogen (secondary N) is 1. The number of carbonyl (C=O) groups excluding carboxylic acids is 1. The normalized spacial score (nSPS) is 11.6. The lowest BCUT2D eigenvalue weighted by molar-refractivity contribution is 0.0955. The van der Waals surface area contributed by atoms with E-state index in [0.29, 0.717) is 27.7 Å². The van der Waals surface area contributed by atoms with E-state index in [-0.39, 0.29) is 16.7 Å². The van der Waals surface area contributed by atoms with Gasteiger partial charge >= 0.3 is 0 Å². The van der Waals surface area contributed by atoms with E-state index in [4.69, 9.17) is 28.9 Å². The number of carbonyl (C=O) groups is 1. The van der Waals surface area contributed by atoms with E-state index in [1.807, 2.05) is 0 Å². The standard InChI is InChI=1S/C14H12Cl2N8O2/c1-6(18-20-14(25)8-3-4-9(15)10(16)5-8)11-7(2)24(23-19-11)13-12(17)21-26-22-13/h3-5H,1-2H3,(H2,17,21)(H,20,25). The second kappa shape index (κ2) is 7.10. The van der Waals surface area contributed by atoms with E-state index in [1.165, 1.54) is 22.9 Å². The van der Waals surface area contributed by atoms with Gasteiger partial charge in [-0.15, -0.1) is 5.10 Å². The van der Waals surface area contributed by atoms with Crippen LogP contribution in [-0.2, 0) is 0 Å². The maximum absolute atomic E-state index is 12.2. The maximum atomic E-state index is 12.2. The van der Waals surface area contributed by atoms with Crippen LogP contribution in [0, 0.1) is 6.92 Å². The topological polar surface area (TPSA) is 137 Å². The summed E-state index contributed by atoms with van der Waals surface area (Å²) in [4.78, 5) is 12.2. The number of hydrazone groups is 1. The molecule has 0 aliphatic heterocycles. The smallest absolute Gasteiger partial charge is 0.271 e. The average molecular weight is 395 g/mol. The summed E-state index contributed by atoms with van der Waals surface area (Å²) in [6.45, 7) is 3.41. The van der Waals surface area contributed by atoms with Crippen molar-refractivity contribution < 1.29 is 9.42 Å². The highest BCUT2D eigenvalue weighted by atomic mass is 35.5. The quantitative estimate of drug-likeness (QED) is 0.509. The first kappa shape index (κ1) is 17.8. The predicted molar refractivity (Wildman–Crippen MR) is 94.5 cm³/mol. The summed E-state index contributed by atoms with van der Waals surface area (Å²) in [5, 5.41) is 19.8. The number of halogens is 2. The summed E-state index contributed by atoms with van der Waals surface area (Å²) in [6, 6.07) is 4.52. The van der Waals surface area contributed by atoms with Crippen molar-refractivity contribution in [2.75, 3.05) is 5.73 Å². The van der Waals surface area contributed by atoms with E-state index < -0.39 is 5.91 Å². The summed E-state index contributed by atoms with van der Waals surface area (Å²) in [7, 11) is 0. The van der Waals surface area contributed by atoms with Crippen LogP contribution in [0.4, 0.5) is 5.82 Å². The highest BCUT2D eigenvalue weighted by Gasteiger charge is 2.18. The van der Waals surface area contributed by atoms with E-state index >= 15 is 0 Å². The molecule has 3 rings (SSSR count). The van der Waals surface area contributed by atoms with Crippen molar-refractivity contribution in [3.8, 4) is 5.82 Å². The number of aromatic nitrogens is 5. The number of nitrogens with zero attached hydrogens (tertiary/aromatic N) is 6. The third-order valence-electron chi connectivity index (χ3n) is 3.44. The van der Waals surface area contributed by atoms with Crippen LogP contribution in [0.25, 0.3) is 5.82 Å². The molecule has 1 aromatic carbocycles. The SMILES string of the molecule is CC(=NNC(=O)c1ccc(Cl)c(Cl)c1)c1nnn(-c2nonc2N)c1C. The summed E-state index contributed by atoms with van der Waals surface area (Å²) in [6.07, 6.45) is 0. The first-order valence-corrected chi connectivity index (χ1v) is 7.95. The van der Waals surface area contributed by atoms with Crippen molar-refractivity contribution in [1.29, 1.82) is 0 Å². The molecule has 12 heteroatoms. The van der Waals surface area contributed by atoms with Crippen LogP contribution < -0.4 is 11.2 Å². The second-order valence-corrected chi connectivity index (χ2v) is 5.99. The summed E-state index contributed by atoms with van der Waals surface area (Å²) in [5.41, 5.74) is 9.86. The fourth-order valence-electron chi connectivity index (χ4n) is 2.09. The van der Waals surface area contributed by atoms with Gasteiger partial charge < -0.3 is 5.73 Å². The number of benzene rings is 1. The summed E-state index contributed by atoms with van der Waals surface area (Å²) >= 11 is 11.7. The van der Waals surface area contributed by atoms with Gasteiger partial charge in [-0.2, -0.15) is 9.78 Å². The van der Waals surface area contributed by atoms with Gasteiger partial charge in [0.05, 0.1) is 21.5 Å². The Balaban J connectivity index is 1.80. The van der Waals surface area contributed by atoms with Crippen molar-refractivity contribution in [3.63, 3.8) is 0 Å². The van der Waals surface area contributed by atoms with Gasteiger partial charge in [0, 0.05) is 5.56 Å². The van der Waals surface area contributed by atoms with Gasteiger partial charge in [0.25, 0.3) is 5.91 Å². The van der Waals surface area contributed by atoms with Crippen LogP contribution in [0.1, 0.15) is 28.7 Å². The second-order valence-electron chi connectivity index (χ2n) is 5.18. The van der Waals surface area contributed by atoms with Gasteiger partial charge in [0.15, 0.2) is 0 Å². The molecule has 26 heavy (non-hydrogen) atoms. The van der Waals surface area contributed by atoms with E-state index in [9.17, 15) is 4.79 Å². The molecular weight excluding hydrogens is 383 g/mol. The third kappa shape index (κ3) is 3.37. The molecule has 2 heterocycles. The zero-order chi connectivity index (χ0) is 18.8. The minimum atomic E-state index is -0.446. The van der Waals surface area contributed by atoms with Crippen molar-refractivity contribution in [2.45, 2.75) is 13.8 Å². The highest BCUT2D eigenvalue weighted by molar-refractivity contribution is 6.42. The molecule has 1 amide bonds. The van der Waals surface area contributed by atoms with Gasteiger partial charge in [0.2, 0.25) is 11.6 Å². The van der Waals surface area contributed by atoms with E-state index in [1.54, 1.807) is 13.8 Å². The summed E-state index contributed by atoms with van der Waals surface area (Å²) < 4.78 is 5.91. The molecule has 134 valence electrons. The average Bonchev–Trinajstić information content (AvgIpc) is 3.20. The number of amides is 1. The van der Waals surface area contributed by atoms with Gasteiger partial charge in [-0.25, -0.2) is 10.1 Å². The van der Waals surface area contributed by atoms with Gasteiger partial charge in [0.1, 0.15) is 5.69 Å². The van der Waals surface area contributed by atoms with Gasteiger partial charge in [-0.05, 0) is 42.4 Å². The first-order valence-electron chi connectivity index (χ1n) is 7.19. The zero-order valence-corrected chi connectivity index (χ0v) is 15.1. The maximum Gasteiger partial charge on any atom is 0.271 e. The lowest BCUT2D eigenvalue weighted by Crippen LogP contribution is -2.19. The Bertz CT molecular complexity index is 1010. The van der Waals surface area contributed by atoms with Crippen molar-refractivity contribution >= 4 is 40.6 Å². The monoisotopic (exact) mass is 394 g/mol. The fraction of sp³-hybridized carbons (Fsp3) is 0.143. The lowest BCUT2D eigenvalue weighted by Gasteiger charge is -2.03. The van der Waals surface area contributed by atoms with Crippen LogP contribution in [0.15, 0.2) is 27.9 Å². The molecule has 0 saturated heterocycles. The van der Waals surface area contributed by atoms with Crippen molar-refractivity contribution in [1.82, 2.24) is 30.7 Å². The lowest BCUT2D eigenvalue weighted by atomic mass is 10.2. The molecule has 2 aromatic heterocycles. The van der Waals surface area contributed by atoms with Crippen LogP contribution >= 0.6 is 23.2 Å². The minimum absolute atomic E-state index is 0.0760. The zero-order valence-electron chi connectivity index (χ0n) is 13.6. The number of nitrogen functional groups attached to an aromatic ring is 1. The Morgan fingerprint density at radius 2 is 2.08 bits per heavy atom. The Kier molecular flexibility index (Phi) is 4.87. The van der Waals surface area contributed by atoms with Crippen LogP contribution in [0.3, 0.4) is 0 Å². The molecule has 0 radical (unpaired) electrons. The fourth-order valence-corrected chi connectivity index (χ4v) is 2.39. The molecule has 0 atom stereocenters. The van der Waals surface area contributed by atoms with Crippen LogP contribution in [0.2, 0.25) is 10.0 Å². The Hall–Kier alpha value is -2.98. The van der Waals surface area contributed by atoms with Crippen molar-refractivity contribution in [3.05, 3.63) is 45.2 Å². The largest absolute Gasteiger partial charge is 0.378 e. The summed E-state index contributed by atoms with van der Waals surface area (Å²) in [5.74, 6) is -0.154. The van der Waals surface area contributed by atoms with Crippen LogP contribution in [-0.4, -0.2) is 36.9 Å². The number of anilines is 1. The first-order chi connectivity index (χ1) is 12.4. The Morgan fingerprint density at radius 3 is 2.73 bits per heavy atom. The molecule has 0 saturated carbocycles. The number of hydrogen-bond donors (Lipinski definition) is 2. The molecule has 0 aliphatic carbocycles. The molecule has 3 aromatic rings. The highest BCUT2D eigenvalue weighted by Crippen LogP contribution is 2.22. The predicted octanol–water partition coefficient (Wildman–Crippen LogP) is 2.00. The van der Waals surface area contributed by atoms with Gasteiger partial charge in [-0.3, -0.25) is 4.79 Å². The Morgan fingerprint density at radius 1 is 1.31 bits per heavy atom. The molecule has 0 bridgehead atoms. The molecule has 0 unspecified atom stereocenters. The number of rotatable bonds is 4. The van der Waals surface area contributed by atoms with E-state index in [2.05, 4.69) is 35.8 Å². The third-order valence-corrected chi connectivity index (χ3v) is 4.18. The molecular formula is C14H12Cl2N8O2. The number of nitrogens with two attached hydrogens (primary N) is 1. The molecule has 10 nitrogen and oxygen atoms in total. The number of hydrogen-bond acceptors (Lipinski definition) is 8. The van der Waals surface area contributed by atoms with E-state index in [0.717, 1.165) is 0 Å². The molecule has 3 N–H and O–H groups in total. The Labute approximate surface area is 156 Å². The van der Waals surface area contributed by atoms with Gasteiger partial charge in [-0.1, -0.05) is 28.4 Å².